The summed E-state index contributed by atoms with van der Waals surface area (Å²) >= 11 is 0. The van der Waals surface area contributed by atoms with Crippen LogP contribution in [-0.2, 0) is 0 Å². The van der Waals surface area contributed by atoms with Gasteiger partial charge in [0.25, 0.3) is 11.8 Å². The Morgan fingerprint density at radius 3 is 2.58 bits per heavy atom. The monoisotopic (exact) mass is 414 g/mol. The van der Waals surface area contributed by atoms with Gasteiger partial charge in [0, 0.05) is 54.8 Å². The number of benzene rings is 1. The molecule has 1 atom stereocenters. The molecule has 158 valence electrons. The number of nitrogens with zero attached hydrogens (tertiary/aromatic N) is 3. The number of pyridine rings is 2. The van der Waals surface area contributed by atoms with E-state index in [9.17, 15) is 9.59 Å². The number of aryl methyl sites for hydroxylation is 1. The van der Waals surface area contributed by atoms with Gasteiger partial charge in [0.05, 0.1) is 0 Å². The summed E-state index contributed by atoms with van der Waals surface area (Å²) in [6.45, 7) is 3.42. The van der Waals surface area contributed by atoms with Crippen molar-refractivity contribution >= 4 is 11.8 Å². The van der Waals surface area contributed by atoms with Gasteiger partial charge in [-0.25, -0.2) is 0 Å². The highest BCUT2D eigenvalue weighted by Gasteiger charge is 2.26. The number of carbonyl (C=O) groups is 2. The molecule has 0 saturated carbocycles. The van der Waals surface area contributed by atoms with E-state index in [0.717, 1.165) is 47.5 Å². The maximum absolute atomic E-state index is 12.9. The van der Waals surface area contributed by atoms with Gasteiger partial charge in [0.15, 0.2) is 0 Å². The van der Waals surface area contributed by atoms with E-state index in [0.29, 0.717) is 12.2 Å². The highest BCUT2D eigenvalue weighted by Crippen LogP contribution is 2.30. The number of nitrogens with one attached hydrogen (secondary N) is 1. The molecule has 3 aromatic rings. The number of rotatable bonds is 4. The zero-order valence-electron chi connectivity index (χ0n) is 17.8. The average Bonchev–Trinajstić information content (AvgIpc) is 2.83. The Hall–Kier alpha value is -3.54. The lowest BCUT2D eigenvalue weighted by atomic mass is 9.92. The van der Waals surface area contributed by atoms with Crippen molar-refractivity contribution in [3.05, 3.63) is 83.4 Å². The van der Waals surface area contributed by atoms with Crippen molar-refractivity contribution < 1.29 is 9.59 Å². The number of carbonyl (C=O) groups excluding carboxylic acids is 2. The summed E-state index contributed by atoms with van der Waals surface area (Å²) in [4.78, 5) is 35.7. The summed E-state index contributed by atoms with van der Waals surface area (Å²) in [5.41, 5.74) is 4.99. The molecule has 1 aromatic carbocycles. The summed E-state index contributed by atoms with van der Waals surface area (Å²) in [7, 11) is 1.59. The SMILES string of the molecule is CNC(=O)c1ccc(-c2cc(C)nc([C@@H]3CCCN(C(=O)c4ccccc4)C3)c2)cn1. The van der Waals surface area contributed by atoms with Crippen LogP contribution in [0.3, 0.4) is 0 Å². The lowest BCUT2D eigenvalue weighted by Gasteiger charge is -2.33. The van der Waals surface area contributed by atoms with E-state index in [4.69, 9.17) is 4.98 Å². The molecule has 0 unspecified atom stereocenters. The first-order chi connectivity index (χ1) is 15.0. The van der Waals surface area contributed by atoms with Crippen molar-refractivity contribution in [2.45, 2.75) is 25.7 Å². The summed E-state index contributed by atoms with van der Waals surface area (Å²) in [5, 5.41) is 2.58. The fourth-order valence-corrected chi connectivity index (χ4v) is 4.06. The molecule has 0 bridgehead atoms. The minimum Gasteiger partial charge on any atom is -0.354 e. The molecule has 2 amide bonds. The maximum Gasteiger partial charge on any atom is 0.269 e. The predicted octanol–water partition coefficient (Wildman–Crippen LogP) is 3.83. The molecule has 0 aliphatic carbocycles. The number of aromatic nitrogens is 2. The van der Waals surface area contributed by atoms with Crippen molar-refractivity contribution in [1.29, 1.82) is 0 Å². The average molecular weight is 415 g/mol. The van der Waals surface area contributed by atoms with E-state index in [1.165, 1.54) is 0 Å². The highest BCUT2D eigenvalue weighted by molar-refractivity contribution is 5.94. The van der Waals surface area contributed by atoms with Crippen LogP contribution in [0.4, 0.5) is 0 Å². The predicted molar refractivity (Wildman–Crippen MR) is 120 cm³/mol. The number of hydrogen-bond acceptors (Lipinski definition) is 4. The first-order valence-electron chi connectivity index (χ1n) is 10.6. The van der Waals surface area contributed by atoms with Crippen LogP contribution in [0.2, 0.25) is 0 Å². The molecule has 3 heterocycles. The van der Waals surface area contributed by atoms with Gasteiger partial charge in [-0.05, 0) is 55.7 Å². The van der Waals surface area contributed by atoms with Crippen molar-refractivity contribution in [2.24, 2.45) is 0 Å². The molecule has 6 heteroatoms. The fraction of sp³-hybridized carbons (Fsp3) is 0.280. The molecular weight excluding hydrogens is 388 g/mol. The largest absolute Gasteiger partial charge is 0.354 e. The van der Waals surface area contributed by atoms with Crippen LogP contribution in [0.5, 0.6) is 0 Å². The lowest BCUT2D eigenvalue weighted by molar-refractivity contribution is 0.0705. The Kier molecular flexibility index (Phi) is 6.07. The standard InChI is InChI=1S/C25H26N4O2/c1-17-13-21(19-10-11-22(27-15-19)24(30)26-2)14-23(28-17)20-9-6-12-29(16-20)25(31)18-7-4-3-5-8-18/h3-5,7-8,10-11,13-15,20H,6,9,12,16H2,1-2H3,(H,26,30)/t20-/m1/s1. The maximum atomic E-state index is 12.9. The minimum atomic E-state index is -0.205. The molecule has 1 aliphatic rings. The zero-order chi connectivity index (χ0) is 21.8. The zero-order valence-corrected chi connectivity index (χ0v) is 17.8. The van der Waals surface area contributed by atoms with Crippen molar-refractivity contribution in [3.8, 4) is 11.1 Å². The van der Waals surface area contributed by atoms with Crippen LogP contribution in [0.25, 0.3) is 11.1 Å². The molecule has 2 aromatic heterocycles. The van der Waals surface area contributed by atoms with Gasteiger partial charge in [-0.15, -0.1) is 0 Å². The summed E-state index contributed by atoms with van der Waals surface area (Å²) in [6, 6.07) is 17.2. The quantitative estimate of drug-likeness (QED) is 0.704. The van der Waals surface area contributed by atoms with Crippen LogP contribution < -0.4 is 5.32 Å². The van der Waals surface area contributed by atoms with Gasteiger partial charge in [0.1, 0.15) is 5.69 Å². The van der Waals surface area contributed by atoms with Crippen LogP contribution in [0, 0.1) is 6.92 Å². The third kappa shape index (κ3) is 4.63. The molecule has 1 aliphatic heterocycles. The molecule has 1 fully saturated rings. The number of amides is 2. The Morgan fingerprint density at radius 1 is 1.06 bits per heavy atom. The van der Waals surface area contributed by atoms with Crippen molar-refractivity contribution in [3.63, 3.8) is 0 Å². The minimum absolute atomic E-state index is 0.0761. The molecule has 4 rings (SSSR count). The molecule has 6 nitrogen and oxygen atoms in total. The molecule has 1 saturated heterocycles. The van der Waals surface area contributed by atoms with E-state index in [1.807, 2.05) is 54.3 Å². The first-order valence-corrected chi connectivity index (χ1v) is 10.6. The van der Waals surface area contributed by atoms with Gasteiger partial charge in [-0.2, -0.15) is 0 Å². The molecule has 1 N–H and O–H groups in total. The third-order valence-corrected chi connectivity index (χ3v) is 5.68. The van der Waals surface area contributed by atoms with Gasteiger partial charge in [0.2, 0.25) is 0 Å². The summed E-state index contributed by atoms with van der Waals surface area (Å²) in [5.74, 6) is 0.0638. The Labute approximate surface area is 182 Å². The molecular formula is C25H26N4O2. The van der Waals surface area contributed by atoms with E-state index in [-0.39, 0.29) is 17.7 Å². The number of hydrogen-bond donors (Lipinski definition) is 1. The second-order valence-corrected chi connectivity index (χ2v) is 7.89. The molecule has 31 heavy (non-hydrogen) atoms. The fourth-order valence-electron chi connectivity index (χ4n) is 4.06. The molecule has 0 spiro atoms. The van der Waals surface area contributed by atoms with Gasteiger partial charge < -0.3 is 10.2 Å². The van der Waals surface area contributed by atoms with Gasteiger partial charge in [-0.3, -0.25) is 19.6 Å². The molecule has 0 radical (unpaired) electrons. The summed E-state index contributed by atoms with van der Waals surface area (Å²) < 4.78 is 0. The van der Waals surface area contributed by atoms with Gasteiger partial charge >= 0.3 is 0 Å². The second-order valence-electron chi connectivity index (χ2n) is 7.89. The van der Waals surface area contributed by atoms with E-state index in [2.05, 4.69) is 16.4 Å². The van der Waals surface area contributed by atoms with Gasteiger partial charge in [-0.1, -0.05) is 24.3 Å². The Morgan fingerprint density at radius 2 is 1.87 bits per heavy atom. The van der Waals surface area contributed by atoms with E-state index in [1.54, 1.807) is 19.3 Å². The summed E-state index contributed by atoms with van der Waals surface area (Å²) in [6.07, 6.45) is 3.67. The van der Waals surface area contributed by atoms with E-state index < -0.39 is 0 Å². The van der Waals surface area contributed by atoms with Crippen LogP contribution >= 0.6 is 0 Å². The Balaban J connectivity index is 1.56. The van der Waals surface area contributed by atoms with Crippen molar-refractivity contribution in [1.82, 2.24) is 20.2 Å². The van der Waals surface area contributed by atoms with Crippen LogP contribution in [0.15, 0.2) is 60.8 Å². The third-order valence-electron chi connectivity index (χ3n) is 5.68. The normalized spacial score (nSPS) is 16.1. The van der Waals surface area contributed by atoms with Crippen LogP contribution in [0.1, 0.15) is 51.0 Å². The number of likely N-dealkylation sites (tertiary alicyclic amines) is 1. The van der Waals surface area contributed by atoms with Crippen LogP contribution in [-0.4, -0.2) is 46.8 Å². The smallest absolute Gasteiger partial charge is 0.269 e. The Bertz CT molecular complexity index is 1080. The number of piperidine rings is 1. The highest BCUT2D eigenvalue weighted by atomic mass is 16.2. The van der Waals surface area contributed by atoms with Crippen molar-refractivity contribution in [2.75, 3.05) is 20.1 Å². The van der Waals surface area contributed by atoms with E-state index >= 15 is 0 Å². The lowest BCUT2D eigenvalue weighted by Crippen LogP contribution is -2.39. The topological polar surface area (TPSA) is 75.2 Å². The second kappa shape index (κ2) is 9.08. The first kappa shape index (κ1) is 20.7.